The van der Waals surface area contributed by atoms with Crippen LogP contribution in [0.4, 0.5) is 13.2 Å². The molecule has 1 fully saturated rings. The van der Waals surface area contributed by atoms with Crippen molar-refractivity contribution in [3.05, 3.63) is 34.9 Å². The fourth-order valence-corrected chi connectivity index (χ4v) is 3.60. The maximum atomic E-state index is 13.2. The Morgan fingerprint density at radius 3 is 2.61 bits per heavy atom. The third-order valence-electron chi connectivity index (χ3n) is 4.40. The van der Waals surface area contributed by atoms with Gasteiger partial charge in [0.1, 0.15) is 0 Å². The second-order valence-electron chi connectivity index (χ2n) is 6.44. The van der Waals surface area contributed by atoms with Gasteiger partial charge in [0, 0.05) is 19.1 Å². The molecule has 1 aromatic carbocycles. The zero-order valence-corrected chi connectivity index (χ0v) is 13.8. The highest BCUT2D eigenvalue weighted by atomic mass is 35.5. The summed E-state index contributed by atoms with van der Waals surface area (Å²) in [5, 5.41) is 3.26. The summed E-state index contributed by atoms with van der Waals surface area (Å²) in [6.45, 7) is 5.25. The van der Waals surface area contributed by atoms with Gasteiger partial charge in [0.25, 0.3) is 5.91 Å². The van der Waals surface area contributed by atoms with Crippen molar-refractivity contribution in [2.24, 2.45) is 5.92 Å². The van der Waals surface area contributed by atoms with Crippen LogP contribution in [0.1, 0.15) is 47.8 Å². The largest absolute Gasteiger partial charge is 0.417 e. The minimum atomic E-state index is -4.50. The Hall–Kier alpha value is -1.27. The summed E-state index contributed by atoms with van der Waals surface area (Å²) in [4.78, 5) is 14.4. The van der Waals surface area contributed by atoms with E-state index in [1.807, 2.05) is 0 Å². The van der Waals surface area contributed by atoms with Gasteiger partial charge < -0.3 is 10.2 Å². The molecule has 23 heavy (non-hydrogen) atoms. The molecule has 7 heteroatoms. The summed E-state index contributed by atoms with van der Waals surface area (Å²) >= 11 is 0. The number of benzene rings is 1. The maximum absolute atomic E-state index is 13.2. The molecule has 3 rings (SSSR count). The Balaban J connectivity index is 0.00000192. The fourth-order valence-electron chi connectivity index (χ4n) is 3.60. The molecule has 2 heterocycles. The predicted molar refractivity (Wildman–Crippen MR) is 83.7 cm³/mol. The molecule has 0 aliphatic carbocycles. The molecule has 0 radical (unpaired) electrons. The van der Waals surface area contributed by atoms with Gasteiger partial charge in [-0.25, -0.2) is 0 Å². The van der Waals surface area contributed by atoms with Gasteiger partial charge in [-0.05, 0) is 24.0 Å². The molecular weight excluding hydrogens is 329 g/mol. The molecule has 1 aromatic rings. The van der Waals surface area contributed by atoms with E-state index in [1.54, 1.807) is 11.0 Å². The SMILES string of the molecule is CC(C)C[C@H]1CNC[C@@H]2c3cccc(C(F)(F)F)c3C(=O)N12.Cl. The monoisotopic (exact) mass is 348 g/mol. The van der Waals surface area contributed by atoms with Crippen LogP contribution in [0.5, 0.6) is 0 Å². The summed E-state index contributed by atoms with van der Waals surface area (Å²) in [5.74, 6) is -0.0933. The minimum Gasteiger partial charge on any atom is -0.326 e. The van der Waals surface area contributed by atoms with Crippen LogP contribution in [-0.4, -0.2) is 29.9 Å². The van der Waals surface area contributed by atoms with E-state index in [0.29, 0.717) is 24.6 Å². The lowest BCUT2D eigenvalue weighted by molar-refractivity contribution is -0.137. The molecule has 1 N–H and O–H groups in total. The van der Waals surface area contributed by atoms with Gasteiger partial charge in [-0.1, -0.05) is 26.0 Å². The molecule has 1 saturated heterocycles. The first-order chi connectivity index (χ1) is 10.3. The molecule has 0 spiro atoms. The predicted octanol–water partition coefficient (Wildman–Crippen LogP) is 3.64. The highest BCUT2D eigenvalue weighted by Gasteiger charge is 2.47. The molecule has 2 atom stereocenters. The van der Waals surface area contributed by atoms with E-state index in [4.69, 9.17) is 0 Å². The quantitative estimate of drug-likeness (QED) is 0.885. The van der Waals surface area contributed by atoms with Crippen LogP contribution in [0, 0.1) is 5.92 Å². The topological polar surface area (TPSA) is 32.3 Å². The number of fused-ring (bicyclic) bond motifs is 3. The first kappa shape index (κ1) is 18.1. The Morgan fingerprint density at radius 2 is 2.00 bits per heavy atom. The maximum Gasteiger partial charge on any atom is 0.417 e. The number of halogens is 4. The number of nitrogens with one attached hydrogen (secondary N) is 1. The molecule has 0 saturated carbocycles. The normalized spacial score (nSPS) is 23.6. The van der Waals surface area contributed by atoms with Crippen molar-refractivity contribution in [1.29, 1.82) is 0 Å². The van der Waals surface area contributed by atoms with Crippen molar-refractivity contribution >= 4 is 18.3 Å². The number of rotatable bonds is 2. The van der Waals surface area contributed by atoms with Gasteiger partial charge in [0.2, 0.25) is 0 Å². The van der Waals surface area contributed by atoms with Crippen molar-refractivity contribution < 1.29 is 18.0 Å². The van der Waals surface area contributed by atoms with E-state index in [9.17, 15) is 18.0 Å². The lowest BCUT2D eigenvalue weighted by atomic mass is 9.96. The molecule has 3 nitrogen and oxygen atoms in total. The number of hydrogen-bond acceptors (Lipinski definition) is 2. The molecule has 1 amide bonds. The number of piperazine rings is 1. The van der Waals surface area contributed by atoms with Gasteiger partial charge in [-0.2, -0.15) is 13.2 Å². The highest BCUT2D eigenvalue weighted by molar-refractivity contribution is 6.01. The van der Waals surface area contributed by atoms with E-state index < -0.39 is 17.6 Å². The molecule has 128 valence electrons. The van der Waals surface area contributed by atoms with Gasteiger partial charge in [-0.15, -0.1) is 12.4 Å². The molecule has 2 aliphatic heterocycles. The second kappa shape index (κ2) is 6.32. The van der Waals surface area contributed by atoms with E-state index in [0.717, 1.165) is 12.5 Å². The van der Waals surface area contributed by atoms with Crippen LogP contribution < -0.4 is 5.32 Å². The van der Waals surface area contributed by atoms with Crippen LogP contribution in [-0.2, 0) is 6.18 Å². The third kappa shape index (κ3) is 3.06. The van der Waals surface area contributed by atoms with Crippen LogP contribution in [0.25, 0.3) is 0 Å². The van der Waals surface area contributed by atoms with Gasteiger partial charge in [0.05, 0.1) is 17.2 Å². The average Bonchev–Trinajstić information content (AvgIpc) is 2.72. The lowest BCUT2D eigenvalue weighted by Crippen LogP contribution is -2.52. The van der Waals surface area contributed by atoms with Crippen LogP contribution in [0.15, 0.2) is 18.2 Å². The van der Waals surface area contributed by atoms with Crippen LogP contribution in [0.2, 0.25) is 0 Å². The van der Waals surface area contributed by atoms with Crippen LogP contribution >= 0.6 is 12.4 Å². The molecule has 0 unspecified atom stereocenters. The van der Waals surface area contributed by atoms with Crippen LogP contribution in [0.3, 0.4) is 0 Å². The van der Waals surface area contributed by atoms with Crippen molar-refractivity contribution in [2.45, 2.75) is 38.5 Å². The smallest absolute Gasteiger partial charge is 0.326 e. The number of nitrogens with zero attached hydrogens (tertiary/aromatic N) is 1. The fraction of sp³-hybridized carbons (Fsp3) is 0.562. The first-order valence-corrected chi connectivity index (χ1v) is 7.54. The van der Waals surface area contributed by atoms with Gasteiger partial charge in [-0.3, -0.25) is 4.79 Å². The summed E-state index contributed by atoms with van der Waals surface area (Å²) in [5.41, 5.74) is -0.467. The Kier molecular flexibility index (Phi) is 4.97. The summed E-state index contributed by atoms with van der Waals surface area (Å²) < 4.78 is 39.6. The van der Waals surface area contributed by atoms with Gasteiger partial charge in [0.15, 0.2) is 0 Å². The summed E-state index contributed by atoms with van der Waals surface area (Å²) in [6, 6.07) is 3.69. The number of hydrogen-bond donors (Lipinski definition) is 1. The van der Waals surface area contributed by atoms with E-state index >= 15 is 0 Å². The van der Waals surface area contributed by atoms with E-state index in [2.05, 4.69) is 19.2 Å². The lowest BCUT2D eigenvalue weighted by Gasteiger charge is -2.39. The summed E-state index contributed by atoms with van der Waals surface area (Å²) in [7, 11) is 0. The number of carbonyl (C=O) groups excluding carboxylic acids is 1. The van der Waals surface area contributed by atoms with Crippen molar-refractivity contribution in [3.8, 4) is 0 Å². The van der Waals surface area contributed by atoms with Crippen molar-refractivity contribution in [1.82, 2.24) is 10.2 Å². The third-order valence-corrected chi connectivity index (χ3v) is 4.40. The Morgan fingerprint density at radius 1 is 1.30 bits per heavy atom. The second-order valence-corrected chi connectivity index (χ2v) is 6.44. The molecule has 0 aromatic heterocycles. The number of alkyl halides is 3. The van der Waals surface area contributed by atoms with Crippen molar-refractivity contribution in [2.75, 3.05) is 13.1 Å². The molecule has 2 aliphatic rings. The summed E-state index contributed by atoms with van der Waals surface area (Å²) in [6.07, 6.45) is -3.72. The molecule has 0 bridgehead atoms. The van der Waals surface area contributed by atoms with Gasteiger partial charge >= 0.3 is 6.18 Å². The molecular formula is C16H20ClF3N2O. The average molecular weight is 349 g/mol. The van der Waals surface area contributed by atoms with E-state index in [1.165, 1.54) is 6.07 Å². The van der Waals surface area contributed by atoms with Crippen molar-refractivity contribution in [3.63, 3.8) is 0 Å². The zero-order chi connectivity index (χ0) is 16.1. The number of amides is 1. The highest BCUT2D eigenvalue weighted by Crippen LogP contribution is 2.43. The standard InChI is InChI=1S/C16H19F3N2O.ClH/c1-9(2)6-10-7-20-8-13-11-4-3-5-12(16(17,18)19)14(11)15(22)21(10)13;/h3-5,9-10,13,20H,6-8H2,1-2H3;1H/t10-,13+;/m0./s1. The first-order valence-electron chi connectivity index (χ1n) is 7.54. The zero-order valence-electron chi connectivity index (χ0n) is 13.0. The Labute approximate surface area is 139 Å². The van der Waals surface area contributed by atoms with E-state index in [-0.39, 0.29) is 30.1 Å². The number of carbonyl (C=O) groups is 1. The minimum absolute atomic E-state index is 0. The Bertz CT molecular complexity index is 603.